The molecular weight excluding hydrogens is 298 g/mol. The summed E-state index contributed by atoms with van der Waals surface area (Å²) in [6.45, 7) is 3.45. The fourth-order valence-corrected chi connectivity index (χ4v) is 2.63. The number of nitrogens with one attached hydrogen (secondary N) is 1. The number of hydrogen-bond donors (Lipinski definition) is 1. The van der Waals surface area contributed by atoms with Crippen LogP contribution < -0.4 is 10.1 Å². The van der Waals surface area contributed by atoms with Crippen molar-refractivity contribution >= 4 is 29.3 Å². The lowest BCUT2D eigenvalue weighted by molar-refractivity contribution is -0.131. The molecule has 0 aliphatic heterocycles. The molecule has 0 saturated carbocycles. The lowest BCUT2D eigenvalue weighted by Crippen LogP contribution is -2.11. The van der Waals surface area contributed by atoms with Crippen molar-refractivity contribution in [2.45, 2.75) is 18.7 Å². The van der Waals surface area contributed by atoms with Crippen molar-refractivity contribution in [3.05, 3.63) is 54.1 Å². The summed E-state index contributed by atoms with van der Waals surface area (Å²) in [5.41, 5.74) is 1.81. The summed E-state index contributed by atoms with van der Waals surface area (Å²) in [5, 5.41) is 2.65. The minimum atomic E-state index is -0.305. The first-order chi connectivity index (χ1) is 10.5. The first-order valence-electron chi connectivity index (χ1n) is 6.81. The van der Waals surface area contributed by atoms with E-state index >= 15 is 0 Å². The van der Waals surface area contributed by atoms with Gasteiger partial charge in [0.2, 0.25) is 5.91 Å². The highest BCUT2D eigenvalue weighted by Crippen LogP contribution is 2.22. The molecule has 0 fully saturated rings. The smallest absolute Gasteiger partial charge is 0.321 e. The Labute approximate surface area is 133 Å². The van der Waals surface area contributed by atoms with Crippen LogP contribution in [0.1, 0.15) is 12.5 Å². The molecule has 0 heterocycles. The third kappa shape index (κ3) is 4.93. The van der Waals surface area contributed by atoms with Crippen molar-refractivity contribution in [2.75, 3.05) is 11.1 Å². The second-order valence-corrected chi connectivity index (χ2v) is 5.75. The second-order valence-electron chi connectivity index (χ2n) is 4.73. The molecule has 2 aromatic rings. The number of esters is 1. The molecule has 0 aromatic heterocycles. The number of rotatable bonds is 5. The Balaban J connectivity index is 1.87. The summed E-state index contributed by atoms with van der Waals surface area (Å²) in [7, 11) is 0. The summed E-state index contributed by atoms with van der Waals surface area (Å²) in [6, 6.07) is 14.6. The summed E-state index contributed by atoms with van der Waals surface area (Å²) in [6.07, 6.45) is 0. The lowest BCUT2D eigenvalue weighted by Gasteiger charge is -2.07. The van der Waals surface area contributed by atoms with Crippen LogP contribution in [-0.4, -0.2) is 17.6 Å². The fourth-order valence-electron chi connectivity index (χ4n) is 1.83. The quantitative estimate of drug-likeness (QED) is 0.520. The molecule has 2 aromatic carbocycles. The van der Waals surface area contributed by atoms with Gasteiger partial charge in [-0.05, 0) is 42.8 Å². The Morgan fingerprint density at radius 1 is 1.09 bits per heavy atom. The van der Waals surface area contributed by atoms with E-state index in [1.807, 2.05) is 31.2 Å². The van der Waals surface area contributed by atoms with Crippen LogP contribution in [0.5, 0.6) is 5.75 Å². The number of carbonyl (C=O) groups is 2. The van der Waals surface area contributed by atoms with E-state index in [-0.39, 0.29) is 17.6 Å². The number of hydrogen-bond acceptors (Lipinski definition) is 4. The van der Waals surface area contributed by atoms with E-state index in [4.69, 9.17) is 4.74 Å². The van der Waals surface area contributed by atoms with E-state index in [2.05, 4.69) is 5.32 Å². The maximum absolute atomic E-state index is 11.8. The average Bonchev–Trinajstić information content (AvgIpc) is 2.48. The van der Waals surface area contributed by atoms with E-state index in [0.29, 0.717) is 11.4 Å². The van der Waals surface area contributed by atoms with Crippen molar-refractivity contribution < 1.29 is 14.3 Å². The minimum absolute atomic E-state index is 0.139. The van der Waals surface area contributed by atoms with Crippen LogP contribution in [0.3, 0.4) is 0 Å². The maximum atomic E-state index is 11.8. The third-order valence-electron chi connectivity index (χ3n) is 2.85. The zero-order chi connectivity index (χ0) is 15.9. The molecule has 114 valence electrons. The van der Waals surface area contributed by atoms with Crippen LogP contribution in [0.25, 0.3) is 0 Å². The monoisotopic (exact) mass is 315 g/mol. The molecule has 0 bridgehead atoms. The van der Waals surface area contributed by atoms with Gasteiger partial charge in [0.25, 0.3) is 0 Å². The SMILES string of the molecule is CC(=O)Nc1ccc(OC(=O)CSc2ccccc2C)cc1. The summed E-state index contributed by atoms with van der Waals surface area (Å²) >= 11 is 1.45. The molecule has 22 heavy (non-hydrogen) atoms. The van der Waals surface area contributed by atoms with Gasteiger partial charge in [-0.1, -0.05) is 18.2 Å². The Kier molecular flexibility index (Phi) is 5.61. The van der Waals surface area contributed by atoms with Crippen molar-refractivity contribution in [3.8, 4) is 5.75 Å². The van der Waals surface area contributed by atoms with Gasteiger partial charge in [-0.15, -0.1) is 11.8 Å². The van der Waals surface area contributed by atoms with Gasteiger partial charge in [-0.3, -0.25) is 9.59 Å². The van der Waals surface area contributed by atoms with Gasteiger partial charge in [0.15, 0.2) is 0 Å². The van der Waals surface area contributed by atoms with Gasteiger partial charge in [0.1, 0.15) is 5.75 Å². The summed E-state index contributed by atoms with van der Waals surface area (Å²) in [5.74, 6) is 0.266. The summed E-state index contributed by atoms with van der Waals surface area (Å²) < 4.78 is 5.26. The number of ether oxygens (including phenoxy) is 1. The normalized spacial score (nSPS) is 10.1. The average molecular weight is 315 g/mol. The molecule has 4 nitrogen and oxygen atoms in total. The van der Waals surface area contributed by atoms with Crippen LogP contribution in [0.2, 0.25) is 0 Å². The van der Waals surface area contributed by atoms with Gasteiger partial charge in [-0.25, -0.2) is 0 Å². The van der Waals surface area contributed by atoms with Gasteiger partial charge in [-0.2, -0.15) is 0 Å². The highest BCUT2D eigenvalue weighted by atomic mass is 32.2. The first kappa shape index (κ1) is 16.1. The molecule has 0 aliphatic carbocycles. The van der Waals surface area contributed by atoms with Crippen LogP contribution in [-0.2, 0) is 9.59 Å². The Hall–Kier alpha value is -2.27. The molecule has 1 N–H and O–H groups in total. The molecule has 2 rings (SSSR count). The number of anilines is 1. The molecular formula is C17H17NO3S. The topological polar surface area (TPSA) is 55.4 Å². The Morgan fingerprint density at radius 3 is 2.41 bits per heavy atom. The summed E-state index contributed by atoms with van der Waals surface area (Å²) in [4.78, 5) is 23.8. The van der Waals surface area contributed by atoms with Crippen molar-refractivity contribution in [3.63, 3.8) is 0 Å². The van der Waals surface area contributed by atoms with Crippen molar-refractivity contribution in [1.29, 1.82) is 0 Å². The van der Waals surface area contributed by atoms with Crippen molar-refractivity contribution in [2.24, 2.45) is 0 Å². The zero-order valence-corrected chi connectivity index (χ0v) is 13.3. The second kappa shape index (κ2) is 7.66. The van der Waals surface area contributed by atoms with E-state index in [9.17, 15) is 9.59 Å². The minimum Gasteiger partial charge on any atom is -0.426 e. The maximum Gasteiger partial charge on any atom is 0.321 e. The predicted molar refractivity (Wildman–Crippen MR) is 88.3 cm³/mol. The number of aryl methyl sites for hydroxylation is 1. The molecule has 0 spiro atoms. The molecule has 0 radical (unpaired) electrons. The highest BCUT2D eigenvalue weighted by Gasteiger charge is 2.07. The molecule has 0 unspecified atom stereocenters. The van der Waals surface area contributed by atoms with Gasteiger partial charge >= 0.3 is 5.97 Å². The largest absolute Gasteiger partial charge is 0.426 e. The van der Waals surface area contributed by atoms with E-state index in [1.165, 1.54) is 18.7 Å². The Morgan fingerprint density at radius 2 is 1.77 bits per heavy atom. The third-order valence-corrected chi connectivity index (χ3v) is 3.99. The standard InChI is InChI=1S/C17H17NO3S/c1-12-5-3-4-6-16(12)22-11-17(20)21-15-9-7-14(8-10-15)18-13(2)19/h3-10H,11H2,1-2H3,(H,18,19). The predicted octanol–water partition coefficient (Wildman–Crippen LogP) is 3.65. The van der Waals surface area contributed by atoms with Crippen LogP contribution >= 0.6 is 11.8 Å². The van der Waals surface area contributed by atoms with E-state index in [1.54, 1.807) is 24.3 Å². The highest BCUT2D eigenvalue weighted by molar-refractivity contribution is 8.00. The van der Waals surface area contributed by atoms with Gasteiger partial charge < -0.3 is 10.1 Å². The number of amides is 1. The first-order valence-corrected chi connectivity index (χ1v) is 7.80. The fraction of sp³-hybridized carbons (Fsp3) is 0.176. The number of carbonyl (C=O) groups excluding carboxylic acids is 2. The van der Waals surface area contributed by atoms with Crippen LogP contribution in [0.4, 0.5) is 5.69 Å². The Bertz CT molecular complexity index is 668. The molecule has 1 amide bonds. The number of thioether (sulfide) groups is 1. The van der Waals surface area contributed by atoms with Gasteiger partial charge in [0, 0.05) is 17.5 Å². The van der Waals surface area contributed by atoms with Crippen LogP contribution in [0.15, 0.2) is 53.4 Å². The van der Waals surface area contributed by atoms with Crippen molar-refractivity contribution in [1.82, 2.24) is 0 Å². The molecule has 0 saturated heterocycles. The van der Waals surface area contributed by atoms with E-state index in [0.717, 1.165) is 10.5 Å². The molecule has 0 aliphatic rings. The van der Waals surface area contributed by atoms with E-state index < -0.39 is 0 Å². The lowest BCUT2D eigenvalue weighted by atomic mass is 10.2. The number of benzene rings is 2. The van der Waals surface area contributed by atoms with Gasteiger partial charge in [0.05, 0.1) is 5.75 Å². The molecule has 0 atom stereocenters. The molecule has 5 heteroatoms. The zero-order valence-electron chi connectivity index (χ0n) is 12.5. The van der Waals surface area contributed by atoms with Crippen LogP contribution in [0, 0.1) is 6.92 Å².